The molecular formula is C34H54O5Si2. The Labute approximate surface area is 251 Å². The third-order valence-electron chi connectivity index (χ3n) is 7.60. The average Bonchev–Trinajstić information content (AvgIpc) is 2.95. The van der Waals surface area contributed by atoms with Crippen LogP contribution in [0.4, 0.5) is 0 Å². The van der Waals surface area contributed by atoms with Crippen LogP contribution < -0.4 is 10.4 Å². The minimum absolute atomic E-state index is 0.259. The number of esters is 2. The van der Waals surface area contributed by atoms with Crippen molar-refractivity contribution < 1.29 is 23.2 Å². The lowest BCUT2D eigenvalue weighted by Gasteiger charge is -2.34. The first kappa shape index (κ1) is 35.0. The van der Waals surface area contributed by atoms with Crippen LogP contribution in [0.2, 0.25) is 26.2 Å². The van der Waals surface area contributed by atoms with Crippen molar-refractivity contribution in [1.29, 1.82) is 0 Å². The molecule has 0 amide bonds. The lowest BCUT2D eigenvalue weighted by Crippen LogP contribution is -2.57. The van der Waals surface area contributed by atoms with E-state index in [1.54, 1.807) is 0 Å². The molecule has 0 radical (unpaired) electrons. The van der Waals surface area contributed by atoms with Crippen molar-refractivity contribution in [3.63, 3.8) is 0 Å². The number of rotatable bonds is 20. The van der Waals surface area contributed by atoms with Crippen LogP contribution in [0.1, 0.15) is 112 Å². The van der Waals surface area contributed by atoms with Gasteiger partial charge in [0.2, 0.25) is 16.6 Å². The molecule has 0 atom stereocenters. The van der Waals surface area contributed by atoms with E-state index < -0.39 is 16.6 Å². The molecule has 41 heavy (non-hydrogen) atoms. The highest BCUT2D eigenvalue weighted by molar-refractivity contribution is 6.96. The van der Waals surface area contributed by atoms with Gasteiger partial charge < -0.3 is 13.6 Å². The second-order valence-corrected chi connectivity index (χ2v) is 20.1. The minimum atomic E-state index is -2.25. The number of hydrogen-bond acceptors (Lipinski definition) is 5. The number of unbranched alkanes of at least 4 members (excludes halogenated alkanes) is 10. The molecule has 2 aromatic rings. The Morgan fingerprint density at radius 1 is 0.512 bits per heavy atom. The van der Waals surface area contributed by atoms with E-state index in [2.05, 4.69) is 40.0 Å². The van der Waals surface area contributed by atoms with Crippen LogP contribution in [-0.2, 0) is 13.6 Å². The summed E-state index contributed by atoms with van der Waals surface area (Å²) in [5.74, 6) is -0.517. The predicted molar refractivity (Wildman–Crippen MR) is 176 cm³/mol. The molecule has 0 saturated heterocycles. The fourth-order valence-corrected chi connectivity index (χ4v) is 13.0. The Morgan fingerprint density at radius 2 is 0.829 bits per heavy atom. The minimum Gasteiger partial charge on any atom is -0.462 e. The van der Waals surface area contributed by atoms with Gasteiger partial charge in [0.05, 0.1) is 24.3 Å². The molecule has 0 unspecified atom stereocenters. The summed E-state index contributed by atoms with van der Waals surface area (Å²) in [6.07, 6.45) is 14.0. The van der Waals surface area contributed by atoms with E-state index in [1.165, 1.54) is 51.4 Å². The van der Waals surface area contributed by atoms with Gasteiger partial charge in [-0.05, 0) is 73.7 Å². The summed E-state index contributed by atoms with van der Waals surface area (Å²) < 4.78 is 17.9. The molecule has 0 aliphatic carbocycles. The van der Waals surface area contributed by atoms with Crippen LogP contribution in [0.15, 0.2) is 48.5 Å². The van der Waals surface area contributed by atoms with E-state index in [0.29, 0.717) is 24.3 Å². The second kappa shape index (κ2) is 18.3. The molecule has 0 aliphatic rings. The first-order valence-electron chi connectivity index (χ1n) is 15.9. The van der Waals surface area contributed by atoms with Gasteiger partial charge in [-0.25, -0.2) is 9.59 Å². The molecule has 0 bridgehead atoms. The van der Waals surface area contributed by atoms with E-state index >= 15 is 0 Å². The van der Waals surface area contributed by atoms with E-state index in [9.17, 15) is 9.59 Å². The largest absolute Gasteiger partial charge is 0.462 e. The monoisotopic (exact) mass is 598 g/mol. The van der Waals surface area contributed by atoms with Crippen molar-refractivity contribution >= 4 is 38.9 Å². The van der Waals surface area contributed by atoms with Gasteiger partial charge in [-0.3, -0.25) is 0 Å². The predicted octanol–water partition coefficient (Wildman–Crippen LogP) is 8.26. The normalized spacial score (nSPS) is 11.9. The van der Waals surface area contributed by atoms with E-state index in [-0.39, 0.29) is 11.9 Å². The molecule has 228 valence electrons. The second-order valence-electron chi connectivity index (χ2n) is 12.1. The SMILES string of the molecule is CCCCCCCCOC(=O)c1ccc([Si](C)(C)O[Si](C)(C)c2ccc(C(=O)OCCCCCCCC)cc2)cc1. The summed E-state index contributed by atoms with van der Waals surface area (Å²) in [5, 5.41) is 2.28. The molecular weight excluding hydrogens is 545 g/mol. The summed E-state index contributed by atoms with van der Waals surface area (Å²) in [6.45, 7) is 14.2. The van der Waals surface area contributed by atoms with Crippen LogP contribution in [0.3, 0.4) is 0 Å². The molecule has 0 saturated carbocycles. The maximum atomic E-state index is 12.5. The zero-order valence-corrected chi connectivity index (χ0v) is 28.6. The molecule has 0 aromatic heterocycles. The zero-order chi connectivity index (χ0) is 30.1. The Bertz CT molecular complexity index is 949. The smallest absolute Gasteiger partial charge is 0.338 e. The van der Waals surface area contributed by atoms with Gasteiger partial charge >= 0.3 is 11.9 Å². The Hall–Kier alpha value is -2.23. The Morgan fingerprint density at radius 3 is 1.17 bits per heavy atom. The number of carbonyl (C=O) groups is 2. The van der Waals surface area contributed by atoms with Crippen LogP contribution in [-0.4, -0.2) is 41.8 Å². The highest BCUT2D eigenvalue weighted by atomic mass is 28.4. The summed E-state index contributed by atoms with van der Waals surface area (Å²) in [6, 6.07) is 15.5. The number of hydrogen-bond donors (Lipinski definition) is 0. The quantitative estimate of drug-likeness (QED) is 0.0872. The van der Waals surface area contributed by atoms with Crippen molar-refractivity contribution in [2.75, 3.05) is 13.2 Å². The summed E-state index contributed by atoms with van der Waals surface area (Å²) in [4.78, 5) is 25.0. The molecule has 2 rings (SSSR count). The third-order valence-corrected chi connectivity index (χ3v) is 15.1. The maximum absolute atomic E-state index is 12.5. The third kappa shape index (κ3) is 12.7. The van der Waals surface area contributed by atoms with Crippen molar-refractivity contribution in [3.05, 3.63) is 59.7 Å². The molecule has 0 N–H and O–H groups in total. The van der Waals surface area contributed by atoms with E-state index in [0.717, 1.165) is 36.1 Å². The van der Waals surface area contributed by atoms with Crippen molar-refractivity contribution in [1.82, 2.24) is 0 Å². The average molecular weight is 599 g/mol. The highest BCUT2D eigenvalue weighted by Crippen LogP contribution is 2.17. The van der Waals surface area contributed by atoms with Crippen molar-refractivity contribution in [3.8, 4) is 0 Å². The Balaban J connectivity index is 1.86. The summed E-state index contributed by atoms with van der Waals surface area (Å²) in [7, 11) is -4.51. The molecule has 0 heterocycles. The summed E-state index contributed by atoms with van der Waals surface area (Å²) >= 11 is 0. The molecule has 0 spiro atoms. The number of benzene rings is 2. The van der Waals surface area contributed by atoms with Crippen molar-refractivity contribution in [2.45, 2.75) is 117 Å². The molecule has 5 nitrogen and oxygen atoms in total. The van der Waals surface area contributed by atoms with Gasteiger partial charge in [0.15, 0.2) is 0 Å². The van der Waals surface area contributed by atoms with Gasteiger partial charge in [0.1, 0.15) is 0 Å². The van der Waals surface area contributed by atoms with Gasteiger partial charge in [0.25, 0.3) is 0 Å². The lowest BCUT2D eigenvalue weighted by atomic mass is 10.1. The van der Waals surface area contributed by atoms with Crippen LogP contribution >= 0.6 is 0 Å². The highest BCUT2D eigenvalue weighted by Gasteiger charge is 2.36. The van der Waals surface area contributed by atoms with Crippen LogP contribution in [0.5, 0.6) is 0 Å². The lowest BCUT2D eigenvalue weighted by molar-refractivity contribution is 0.0488. The fraction of sp³-hybridized carbons (Fsp3) is 0.588. The van der Waals surface area contributed by atoms with Crippen LogP contribution in [0.25, 0.3) is 0 Å². The number of ether oxygens (including phenoxy) is 2. The molecule has 0 fully saturated rings. The van der Waals surface area contributed by atoms with Gasteiger partial charge in [0, 0.05) is 0 Å². The van der Waals surface area contributed by atoms with E-state index in [4.69, 9.17) is 13.6 Å². The first-order valence-corrected chi connectivity index (χ1v) is 21.7. The van der Waals surface area contributed by atoms with E-state index in [1.807, 2.05) is 48.5 Å². The molecule has 0 aliphatic heterocycles. The first-order chi connectivity index (χ1) is 19.6. The topological polar surface area (TPSA) is 61.8 Å². The van der Waals surface area contributed by atoms with Crippen molar-refractivity contribution in [2.24, 2.45) is 0 Å². The van der Waals surface area contributed by atoms with Crippen LogP contribution in [0, 0.1) is 0 Å². The Kier molecular flexibility index (Phi) is 15.6. The van der Waals surface area contributed by atoms with Gasteiger partial charge in [-0.15, -0.1) is 0 Å². The standard InChI is InChI=1S/C34H54O5Si2/c1-7-9-11-13-15-17-27-37-33(35)29-19-23-31(24-20-29)40(3,4)39-41(5,6)32-25-21-30(22-26-32)34(36)38-28-18-16-14-12-10-8-2/h19-26H,7-18,27-28H2,1-6H3. The molecule has 2 aromatic carbocycles. The molecule has 7 heteroatoms. The zero-order valence-electron chi connectivity index (χ0n) is 26.6. The maximum Gasteiger partial charge on any atom is 0.338 e. The van der Waals surface area contributed by atoms with Gasteiger partial charge in [-0.2, -0.15) is 0 Å². The van der Waals surface area contributed by atoms with Gasteiger partial charge in [-0.1, -0.05) is 102 Å². The fourth-order valence-electron chi connectivity index (χ4n) is 5.03. The summed E-state index contributed by atoms with van der Waals surface area (Å²) in [5.41, 5.74) is 1.17. The number of carbonyl (C=O) groups excluding carboxylic acids is 2.